The van der Waals surface area contributed by atoms with Gasteiger partial charge in [-0.3, -0.25) is 9.58 Å². The second-order valence-electron chi connectivity index (χ2n) is 6.60. The number of rotatable bonds is 7. The van der Waals surface area contributed by atoms with Gasteiger partial charge in [0.25, 0.3) is 0 Å². The molecule has 0 bridgehead atoms. The second kappa shape index (κ2) is 8.09. The van der Waals surface area contributed by atoms with E-state index in [1.165, 1.54) is 0 Å². The van der Waals surface area contributed by atoms with Crippen molar-refractivity contribution in [1.82, 2.24) is 20.0 Å². The Hall–Kier alpha value is -1.44. The number of carboxylic acids is 1. The summed E-state index contributed by atoms with van der Waals surface area (Å²) in [5, 5.41) is 17.3. The van der Waals surface area contributed by atoms with Crippen molar-refractivity contribution in [2.45, 2.75) is 45.2 Å². The zero-order chi connectivity index (χ0) is 16.9. The van der Waals surface area contributed by atoms with Crippen LogP contribution in [0, 0.1) is 0 Å². The van der Waals surface area contributed by atoms with Gasteiger partial charge in [-0.05, 0) is 45.7 Å². The van der Waals surface area contributed by atoms with Gasteiger partial charge in [0.05, 0.1) is 13.2 Å². The molecule has 0 amide bonds. The number of hydrogen-bond donors (Lipinski definition) is 2. The van der Waals surface area contributed by atoms with Crippen LogP contribution in [0.15, 0.2) is 0 Å². The van der Waals surface area contributed by atoms with Crippen LogP contribution in [0.5, 0.6) is 0 Å². The number of carbonyl (C=O) groups is 1. The highest BCUT2D eigenvalue weighted by molar-refractivity contribution is 5.87. The van der Waals surface area contributed by atoms with Crippen molar-refractivity contribution in [2.75, 3.05) is 39.4 Å². The first-order valence-electron chi connectivity index (χ1n) is 9.04. The number of aromatic nitrogens is 2. The largest absolute Gasteiger partial charge is 0.476 e. The molecular weight excluding hydrogens is 308 g/mol. The van der Waals surface area contributed by atoms with Gasteiger partial charge in [-0.2, -0.15) is 5.10 Å². The van der Waals surface area contributed by atoms with Crippen LogP contribution >= 0.6 is 0 Å². The molecule has 2 N–H and O–H groups in total. The third-order valence-corrected chi connectivity index (χ3v) is 5.04. The van der Waals surface area contributed by atoms with Crippen LogP contribution in [0.25, 0.3) is 0 Å². The lowest BCUT2D eigenvalue weighted by atomic mass is 9.91. The molecule has 0 aromatic carbocycles. The molecule has 3 rings (SSSR count). The highest BCUT2D eigenvalue weighted by Crippen LogP contribution is 2.25. The van der Waals surface area contributed by atoms with Crippen molar-refractivity contribution in [3.63, 3.8) is 0 Å². The summed E-state index contributed by atoms with van der Waals surface area (Å²) >= 11 is 0. The minimum Gasteiger partial charge on any atom is -0.476 e. The normalized spacial score (nSPS) is 21.6. The molecule has 0 saturated carbocycles. The highest BCUT2D eigenvalue weighted by atomic mass is 16.5. The smallest absolute Gasteiger partial charge is 0.356 e. The minimum atomic E-state index is -0.911. The van der Waals surface area contributed by atoms with E-state index in [1.54, 1.807) is 0 Å². The predicted molar refractivity (Wildman–Crippen MR) is 90.6 cm³/mol. The van der Waals surface area contributed by atoms with Crippen LogP contribution in [0.4, 0.5) is 0 Å². The SMILES string of the molecule is CCn1nc(C(=O)O)c2c1CC[C@H](NCCCN1CCOCC1)C2. The Morgan fingerprint density at radius 1 is 1.42 bits per heavy atom. The first-order chi connectivity index (χ1) is 11.7. The molecule has 1 aromatic heterocycles. The standard InChI is InChI=1S/C17H28N4O3/c1-2-21-15-5-4-13(12-14(15)16(19-21)17(22)23)18-6-3-7-20-8-10-24-11-9-20/h13,18H,2-12H2,1H3,(H,22,23)/t13-/m0/s1. The lowest BCUT2D eigenvalue weighted by Crippen LogP contribution is -2.39. The van der Waals surface area contributed by atoms with Gasteiger partial charge >= 0.3 is 5.97 Å². The Labute approximate surface area is 143 Å². The van der Waals surface area contributed by atoms with E-state index in [9.17, 15) is 9.90 Å². The van der Waals surface area contributed by atoms with Gasteiger partial charge in [0.1, 0.15) is 0 Å². The fraction of sp³-hybridized carbons (Fsp3) is 0.765. The summed E-state index contributed by atoms with van der Waals surface area (Å²) in [6.07, 6.45) is 3.85. The summed E-state index contributed by atoms with van der Waals surface area (Å²) in [5.74, 6) is -0.911. The molecule has 7 heteroatoms. The summed E-state index contributed by atoms with van der Waals surface area (Å²) in [6, 6.07) is 0.356. The van der Waals surface area contributed by atoms with Gasteiger partial charge in [0.15, 0.2) is 5.69 Å². The van der Waals surface area contributed by atoms with E-state index in [-0.39, 0.29) is 5.69 Å². The molecule has 1 aliphatic carbocycles. The van der Waals surface area contributed by atoms with Crippen LogP contribution in [0.2, 0.25) is 0 Å². The number of nitrogens with one attached hydrogen (secondary N) is 1. The molecule has 1 saturated heterocycles. The van der Waals surface area contributed by atoms with Crippen molar-refractivity contribution >= 4 is 5.97 Å². The van der Waals surface area contributed by atoms with Gasteiger partial charge in [-0.15, -0.1) is 0 Å². The van der Waals surface area contributed by atoms with Gasteiger partial charge < -0.3 is 15.2 Å². The Morgan fingerprint density at radius 2 is 2.21 bits per heavy atom. The Morgan fingerprint density at radius 3 is 2.92 bits per heavy atom. The Balaban J connectivity index is 1.49. The van der Waals surface area contributed by atoms with E-state index < -0.39 is 5.97 Å². The number of aryl methyl sites for hydroxylation is 1. The highest BCUT2D eigenvalue weighted by Gasteiger charge is 2.28. The fourth-order valence-corrected chi connectivity index (χ4v) is 3.73. The first-order valence-corrected chi connectivity index (χ1v) is 9.04. The van der Waals surface area contributed by atoms with Crippen LogP contribution < -0.4 is 5.32 Å². The first kappa shape index (κ1) is 17.4. The lowest BCUT2D eigenvalue weighted by molar-refractivity contribution is 0.0373. The van der Waals surface area contributed by atoms with Crippen molar-refractivity contribution in [1.29, 1.82) is 0 Å². The lowest BCUT2D eigenvalue weighted by Gasteiger charge is -2.27. The molecule has 0 unspecified atom stereocenters. The van der Waals surface area contributed by atoms with Crippen molar-refractivity contribution in [3.05, 3.63) is 17.0 Å². The van der Waals surface area contributed by atoms with Gasteiger partial charge in [-0.1, -0.05) is 0 Å². The van der Waals surface area contributed by atoms with Crippen molar-refractivity contribution < 1.29 is 14.6 Å². The second-order valence-corrected chi connectivity index (χ2v) is 6.60. The van der Waals surface area contributed by atoms with E-state index >= 15 is 0 Å². The average molecular weight is 336 g/mol. The van der Waals surface area contributed by atoms with Crippen LogP contribution in [-0.4, -0.2) is 71.2 Å². The Bertz CT molecular complexity index is 566. The quantitative estimate of drug-likeness (QED) is 0.716. The summed E-state index contributed by atoms with van der Waals surface area (Å²) in [4.78, 5) is 13.9. The van der Waals surface area contributed by atoms with Gasteiger partial charge in [-0.25, -0.2) is 4.79 Å². The maximum atomic E-state index is 11.4. The van der Waals surface area contributed by atoms with Crippen LogP contribution in [0.1, 0.15) is 41.5 Å². The Kier molecular flexibility index (Phi) is 5.86. The molecule has 134 valence electrons. The number of fused-ring (bicyclic) bond motifs is 1. The fourth-order valence-electron chi connectivity index (χ4n) is 3.73. The zero-order valence-electron chi connectivity index (χ0n) is 14.5. The molecule has 0 spiro atoms. The molecule has 1 aliphatic heterocycles. The molecule has 1 atom stereocenters. The van der Waals surface area contributed by atoms with Gasteiger partial charge in [0, 0.05) is 36.9 Å². The van der Waals surface area contributed by atoms with Crippen molar-refractivity contribution in [2.24, 2.45) is 0 Å². The third-order valence-electron chi connectivity index (χ3n) is 5.04. The monoisotopic (exact) mass is 336 g/mol. The maximum Gasteiger partial charge on any atom is 0.356 e. The maximum absolute atomic E-state index is 11.4. The van der Waals surface area contributed by atoms with Crippen LogP contribution in [0.3, 0.4) is 0 Å². The van der Waals surface area contributed by atoms with Gasteiger partial charge in [0.2, 0.25) is 0 Å². The summed E-state index contributed by atoms with van der Waals surface area (Å²) in [7, 11) is 0. The molecule has 1 fully saturated rings. The number of ether oxygens (including phenoxy) is 1. The minimum absolute atomic E-state index is 0.242. The molecule has 1 aromatic rings. The number of morpholine rings is 1. The number of nitrogens with zero attached hydrogens (tertiary/aromatic N) is 3. The van der Waals surface area contributed by atoms with E-state index in [4.69, 9.17) is 4.74 Å². The molecule has 24 heavy (non-hydrogen) atoms. The molecule has 0 radical (unpaired) electrons. The summed E-state index contributed by atoms with van der Waals surface area (Å²) < 4.78 is 7.22. The predicted octanol–water partition coefficient (Wildman–Crippen LogP) is 0.770. The van der Waals surface area contributed by atoms with Crippen molar-refractivity contribution in [3.8, 4) is 0 Å². The molecular formula is C17H28N4O3. The average Bonchev–Trinajstić information content (AvgIpc) is 2.98. The third kappa shape index (κ3) is 3.96. The zero-order valence-corrected chi connectivity index (χ0v) is 14.5. The van der Waals surface area contributed by atoms with E-state index in [2.05, 4.69) is 15.3 Å². The van der Waals surface area contributed by atoms with E-state index in [1.807, 2.05) is 11.6 Å². The summed E-state index contributed by atoms with van der Waals surface area (Å²) in [5.41, 5.74) is 2.29. The number of carboxylic acid groups (broad SMARTS) is 1. The topological polar surface area (TPSA) is 79.6 Å². The molecule has 7 nitrogen and oxygen atoms in total. The van der Waals surface area contributed by atoms with E-state index in [0.717, 1.165) is 82.9 Å². The number of hydrogen-bond acceptors (Lipinski definition) is 5. The molecule has 2 heterocycles. The van der Waals surface area contributed by atoms with Crippen LogP contribution in [-0.2, 0) is 24.1 Å². The van der Waals surface area contributed by atoms with E-state index in [0.29, 0.717) is 6.04 Å². The summed E-state index contributed by atoms with van der Waals surface area (Å²) in [6.45, 7) is 8.57. The molecule has 2 aliphatic rings. The number of aromatic carboxylic acids is 1.